The van der Waals surface area contributed by atoms with E-state index >= 15 is 0 Å². The second-order valence-corrected chi connectivity index (χ2v) is 7.55. The maximum Gasteiger partial charge on any atom is 0.191 e. The number of ether oxygens (including phenoxy) is 1. The highest BCUT2D eigenvalue weighted by Crippen LogP contribution is 2.52. The van der Waals surface area contributed by atoms with Gasteiger partial charge in [-0.1, -0.05) is 43.6 Å². The molecule has 4 unspecified atom stereocenters. The van der Waals surface area contributed by atoms with Crippen LogP contribution in [0.15, 0.2) is 29.3 Å². The molecule has 0 aromatic heterocycles. The number of benzene rings is 1. The minimum Gasteiger partial charge on any atom is -0.377 e. The van der Waals surface area contributed by atoms with E-state index in [1.807, 2.05) is 31.3 Å². The predicted molar refractivity (Wildman–Crippen MR) is 110 cm³/mol. The zero-order valence-corrected chi connectivity index (χ0v) is 17.8. The number of nitrogens with zero attached hydrogens (tertiary/aromatic N) is 1. The maximum absolute atomic E-state index is 6.29. The summed E-state index contributed by atoms with van der Waals surface area (Å²) < 4.78 is 5.86. The van der Waals surface area contributed by atoms with Gasteiger partial charge in [-0.3, -0.25) is 4.99 Å². The Labute approximate surface area is 166 Å². The van der Waals surface area contributed by atoms with Crippen molar-refractivity contribution in [2.75, 3.05) is 13.7 Å². The largest absolute Gasteiger partial charge is 0.377 e. The molecule has 2 N–H and O–H groups in total. The molecular formula is C18H27ClIN3O. The Kier molecular flexibility index (Phi) is 6.42. The topological polar surface area (TPSA) is 45.7 Å². The minimum absolute atomic E-state index is 0. The van der Waals surface area contributed by atoms with Crippen molar-refractivity contribution in [2.45, 2.75) is 45.4 Å². The molecular weight excluding hydrogens is 437 g/mol. The number of hydrogen-bond acceptors (Lipinski definition) is 2. The van der Waals surface area contributed by atoms with Gasteiger partial charge in [0.05, 0.1) is 12.1 Å². The van der Waals surface area contributed by atoms with Crippen molar-refractivity contribution >= 4 is 41.5 Å². The average Bonchev–Trinajstić information content (AvgIpc) is 2.98. The van der Waals surface area contributed by atoms with Crippen molar-refractivity contribution in [3.63, 3.8) is 0 Å². The molecule has 0 spiro atoms. The van der Waals surface area contributed by atoms with Crippen LogP contribution in [0.2, 0.25) is 5.02 Å². The molecule has 1 aliphatic carbocycles. The molecule has 134 valence electrons. The fraction of sp³-hybridized carbons (Fsp3) is 0.611. The molecule has 1 heterocycles. The van der Waals surface area contributed by atoms with Crippen molar-refractivity contribution in [1.82, 2.24) is 10.6 Å². The molecule has 1 aromatic rings. The van der Waals surface area contributed by atoms with Crippen LogP contribution < -0.4 is 10.6 Å². The van der Waals surface area contributed by atoms with E-state index in [1.165, 1.54) is 0 Å². The zero-order valence-electron chi connectivity index (χ0n) is 14.7. The molecule has 1 aromatic carbocycles. The quantitative estimate of drug-likeness (QED) is 0.405. The van der Waals surface area contributed by atoms with Crippen LogP contribution in [-0.2, 0) is 4.74 Å². The number of guanidine groups is 1. The van der Waals surface area contributed by atoms with E-state index in [-0.39, 0.29) is 35.4 Å². The Balaban J connectivity index is 0.00000208. The number of hydrogen-bond donors (Lipinski definition) is 2. The van der Waals surface area contributed by atoms with Crippen molar-refractivity contribution in [1.29, 1.82) is 0 Å². The molecule has 24 heavy (non-hydrogen) atoms. The summed E-state index contributed by atoms with van der Waals surface area (Å²) in [6.07, 6.45) is 1.50. The van der Waals surface area contributed by atoms with Crippen LogP contribution in [0.5, 0.6) is 0 Å². The summed E-state index contributed by atoms with van der Waals surface area (Å²) in [4.78, 5) is 4.40. The smallest absolute Gasteiger partial charge is 0.191 e. The molecule has 0 amide bonds. The van der Waals surface area contributed by atoms with Crippen LogP contribution in [0, 0.1) is 11.3 Å². The van der Waals surface area contributed by atoms with Crippen molar-refractivity contribution in [2.24, 2.45) is 16.3 Å². The van der Waals surface area contributed by atoms with Gasteiger partial charge in [0.1, 0.15) is 0 Å². The van der Waals surface area contributed by atoms with Crippen LogP contribution in [0.3, 0.4) is 0 Å². The fourth-order valence-electron chi connectivity index (χ4n) is 4.04. The highest BCUT2D eigenvalue weighted by molar-refractivity contribution is 14.0. The highest BCUT2D eigenvalue weighted by Gasteiger charge is 2.59. The Morgan fingerprint density at radius 1 is 1.38 bits per heavy atom. The summed E-state index contributed by atoms with van der Waals surface area (Å²) in [6, 6.07) is 8.39. The van der Waals surface area contributed by atoms with Gasteiger partial charge in [-0.05, 0) is 25.0 Å². The van der Waals surface area contributed by atoms with Crippen LogP contribution in [-0.4, -0.2) is 31.8 Å². The van der Waals surface area contributed by atoms with E-state index in [4.69, 9.17) is 16.3 Å². The molecule has 2 fully saturated rings. The van der Waals surface area contributed by atoms with E-state index in [2.05, 4.69) is 36.4 Å². The van der Waals surface area contributed by atoms with Gasteiger partial charge >= 0.3 is 0 Å². The molecule has 0 bridgehead atoms. The van der Waals surface area contributed by atoms with E-state index in [9.17, 15) is 0 Å². The molecule has 4 atom stereocenters. The lowest BCUT2D eigenvalue weighted by molar-refractivity contribution is -0.106. The third-order valence-electron chi connectivity index (χ3n) is 5.34. The summed E-state index contributed by atoms with van der Waals surface area (Å²) in [5.74, 6) is 1.40. The van der Waals surface area contributed by atoms with E-state index in [1.54, 1.807) is 0 Å². The first-order valence-electron chi connectivity index (χ1n) is 8.31. The van der Waals surface area contributed by atoms with Crippen molar-refractivity contribution in [3.05, 3.63) is 34.9 Å². The van der Waals surface area contributed by atoms with Gasteiger partial charge in [0.25, 0.3) is 0 Å². The van der Waals surface area contributed by atoms with Crippen LogP contribution in [0.25, 0.3) is 0 Å². The molecule has 0 radical (unpaired) electrons. The highest BCUT2D eigenvalue weighted by atomic mass is 127. The maximum atomic E-state index is 6.29. The summed E-state index contributed by atoms with van der Waals surface area (Å²) in [7, 11) is 1.81. The van der Waals surface area contributed by atoms with Gasteiger partial charge in [0.2, 0.25) is 0 Å². The summed E-state index contributed by atoms with van der Waals surface area (Å²) >= 11 is 6.29. The average molecular weight is 464 g/mol. The lowest BCUT2D eigenvalue weighted by Gasteiger charge is -2.55. The Bertz CT molecular complexity index is 608. The summed E-state index contributed by atoms with van der Waals surface area (Å²) in [5.41, 5.74) is 1.21. The number of nitrogens with one attached hydrogen (secondary N) is 2. The monoisotopic (exact) mass is 463 g/mol. The van der Waals surface area contributed by atoms with Crippen molar-refractivity contribution < 1.29 is 4.74 Å². The first kappa shape index (κ1) is 19.8. The zero-order chi connectivity index (χ0) is 16.6. The van der Waals surface area contributed by atoms with Gasteiger partial charge in [-0.2, -0.15) is 0 Å². The standard InChI is InChI=1S/C18H26ClN3O.HI/c1-11(12-7-5-6-8-14(12)19)21-17(20-4)22-15-13-9-10-23-16(13)18(15,2)3;/h5-8,11,13,15-16H,9-10H2,1-4H3,(H2,20,21,22);1H. The number of aliphatic imine (C=N–C) groups is 1. The lowest BCUT2D eigenvalue weighted by atomic mass is 9.57. The number of halogens is 2. The first-order valence-corrected chi connectivity index (χ1v) is 8.69. The van der Waals surface area contributed by atoms with E-state index in [0.717, 1.165) is 29.6 Å². The SMILES string of the molecule is CN=C(NC(C)c1ccccc1Cl)NC1C2CCOC2C1(C)C.I. The van der Waals surface area contributed by atoms with Gasteiger partial charge < -0.3 is 15.4 Å². The summed E-state index contributed by atoms with van der Waals surface area (Å²) in [6.45, 7) is 7.50. The van der Waals surface area contributed by atoms with Gasteiger partial charge in [-0.25, -0.2) is 0 Å². The van der Waals surface area contributed by atoms with Crippen LogP contribution in [0.1, 0.15) is 38.8 Å². The van der Waals surface area contributed by atoms with Gasteiger partial charge in [0, 0.05) is 36.1 Å². The fourth-order valence-corrected chi connectivity index (χ4v) is 4.34. The second-order valence-electron chi connectivity index (χ2n) is 7.15. The van der Waals surface area contributed by atoms with E-state index in [0.29, 0.717) is 18.1 Å². The Morgan fingerprint density at radius 3 is 2.75 bits per heavy atom. The molecule has 1 aliphatic heterocycles. The van der Waals surface area contributed by atoms with Crippen molar-refractivity contribution in [3.8, 4) is 0 Å². The summed E-state index contributed by atoms with van der Waals surface area (Å²) in [5, 5.41) is 7.83. The van der Waals surface area contributed by atoms with Gasteiger partial charge in [-0.15, -0.1) is 24.0 Å². The molecule has 3 rings (SSSR count). The van der Waals surface area contributed by atoms with Gasteiger partial charge in [0.15, 0.2) is 5.96 Å². The third-order valence-corrected chi connectivity index (χ3v) is 5.69. The number of rotatable bonds is 3. The molecule has 1 saturated heterocycles. The normalized spacial score (nSPS) is 29.0. The van der Waals surface area contributed by atoms with Crippen LogP contribution >= 0.6 is 35.6 Å². The minimum atomic E-state index is 0. The third kappa shape index (κ3) is 3.53. The number of fused-ring (bicyclic) bond motifs is 1. The molecule has 6 heteroatoms. The van der Waals surface area contributed by atoms with Crippen LogP contribution in [0.4, 0.5) is 0 Å². The first-order chi connectivity index (χ1) is 10.9. The Morgan fingerprint density at radius 2 is 2.08 bits per heavy atom. The second kappa shape index (κ2) is 7.79. The predicted octanol–water partition coefficient (Wildman–Crippen LogP) is 4.00. The molecule has 2 aliphatic rings. The molecule has 4 nitrogen and oxygen atoms in total. The van der Waals surface area contributed by atoms with E-state index < -0.39 is 0 Å². The Hall–Kier alpha value is -0.530. The molecule has 1 saturated carbocycles. The lowest BCUT2D eigenvalue weighted by Crippen LogP contribution is -2.68.